The van der Waals surface area contributed by atoms with E-state index in [1.54, 1.807) is 17.8 Å². The van der Waals surface area contributed by atoms with E-state index in [4.69, 9.17) is 0 Å². The van der Waals surface area contributed by atoms with Crippen molar-refractivity contribution in [1.82, 2.24) is 25.4 Å². The molecule has 0 saturated heterocycles. The predicted octanol–water partition coefficient (Wildman–Crippen LogP) is 2.37. The lowest BCUT2D eigenvalue weighted by atomic mass is 10.1. The minimum absolute atomic E-state index is 0.385. The zero-order valence-corrected chi connectivity index (χ0v) is 14.9. The normalized spacial score (nSPS) is 12.5. The molecule has 0 saturated carbocycles. The number of para-hydroxylation sites is 1. The summed E-state index contributed by atoms with van der Waals surface area (Å²) in [6.45, 7) is 7.25. The van der Waals surface area contributed by atoms with Gasteiger partial charge in [-0.1, -0.05) is 30.0 Å². The summed E-state index contributed by atoms with van der Waals surface area (Å²) in [6, 6.07) is 9.09. The molecule has 0 unspecified atom stereocenters. The van der Waals surface area contributed by atoms with Crippen LogP contribution >= 0.6 is 11.8 Å². The Balaban J connectivity index is 2.00. The molecule has 24 heavy (non-hydrogen) atoms. The van der Waals surface area contributed by atoms with Crippen LogP contribution in [0.5, 0.6) is 0 Å². The van der Waals surface area contributed by atoms with Crippen LogP contribution in [0.4, 0.5) is 4.79 Å². The van der Waals surface area contributed by atoms with Gasteiger partial charge in [-0.05, 0) is 39.8 Å². The molecule has 8 heteroatoms. The highest BCUT2D eigenvalue weighted by Crippen LogP contribution is 2.23. The first-order valence-corrected chi connectivity index (χ1v) is 8.39. The van der Waals surface area contributed by atoms with Crippen molar-refractivity contribution in [2.75, 3.05) is 0 Å². The molecule has 2 N–H and O–H groups in total. The lowest BCUT2D eigenvalue weighted by Gasteiger charge is -2.21. The van der Waals surface area contributed by atoms with Crippen LogP contribution in [-0.4, -0.2) is 37.5 Å². The van der Waals surface area contributed by atoms with Gasteiger partial charge in [0.05, 0.1) is 5.25 Å². The molecule has 0 radical (unpaired) electrons. The first-order valence-electron chi connectivity index (χ1n) is 7.51. The monoisotopic (exact) mass is 347 g/mol. The van der Waals surface area contributed by atoms with Gasteiger partial charge in [-0.25, -0.2) is 4.79 Å². The van der Waals surface area contributed by atoms with E-state index in [1.807, 2.05) is 51.1 Å². The van der Waals surface area contributed by atoms with Crippen LogP contribution in [-0.2, 0) is 4.79 Å². The molecule has 0 aliphatic heterocycles. The molecule has 0 bridgehead atoms. The molecule has 2 aromatic rings. The number of benzene rings is 1. The van der Waals surface area contributed by atoms with Gasteiger partial charge in [0, 0.05) is 11.2 Å². The molecule has 1 aromatic carbocycles. The van der Waals surface area contributed by atoms with Gasteiger partial charge < -0.3 is 5.32 Å². The van der Waals surface area contributed by atoms with Crippen molar-refractivity contribution in [3.05, 3.63) is 36.7 Å². The Labute approximate surface area is 145 Å². The second-order valence-corrected chi connectivity index (χ2v) is 7.58. The maximum atomic E-state index is 12.2. The van der Waals surface area contributed by atoms with Gasteiger partial charge in [-0.15, -0.1) is 10.2 Å². The van der Waals surface area contributed by atoms with Crippen molar-refractivity contribution < 1.29 is 9.59 Å². The van der Waals surface area contributed by atoms with Crippen molar-refractivity contribution in [3.63, 3.8) is 0 Å². The van der Waals surface area contributed by atoms with E-state index in [0.717, 1.165) is 5.69 Å². The Morgan fingerprint density at radius 2 is 1.88 bits per heavy atom. The number of carbonyl (C=O) groups excluding carboxylic acids is 2. The van der Waals surface area contributed by atoms with Gasteiger partial charge >= 0.3 is 6.03 Å². The summed E-state index contributed by atoms with van der Waals surface area (Å²) < 4.78 is 1.80. The minimum atomic E-state index is -0.510. The first-order chi connectivity index (χ1) is 11.3. The summed E-state index contributed by atoms with van der Waals surface area (Å²) in [5, 5.41) is 13.1. The van der Waals surface area contributed by atoms with E-state index >= 15 is 0 Å². The fourth-order valence-electron chi connectivity index (χ4n) is 1.87. The number of amides is 3. The maximum Gasteiger partial charge on any atom is 0.321 e. The lowest BCUT2D eigenvalue weighted by molar-refractivity contribution is -0.119. The summed E-state index contributed by atoms with van der Waals surface area (Å²) >= 11 is 1.24. The smallest absolute Gasteiger partial charge is 0.321 e. The predicted molar refractivity (Wildman–Crippen MR) is 93.1 cm³/mol. The Morgan fingerprint density at radius 3 is 2.50 bits per heavy atom. The molecule has 1 atom stereocenters. The number of rotatable bonds is 4. The fraction of sp³-hybridized carbons (Fsp3) is 0.375. The molecule has 0 spiro atoms. The van der Waals surface area contributed by atoms with Crippen molar-refractivity contribution in [2.24, 2.45) is 0 Å². The number of aromatic nitrogens is 3. The van der Waals surface area contributed by atoms with Gasteiger partial charge in [0.25, 0.3) is 0 Å². The zero-order valence-electron chi connectivity index (χ0n) is 14.1. The van der Waals surface area contributed by atoms with Gasteiger partial charge in [0.2, 0.25) is 5.91 Å². The maximum absolute atomic E-state index is 12.2. The summed E-state index contributed by atoms with van der Waals surface area (Å²) in [7, 11) is 0. The van der Waals surface area contributed by atoms with Crippen LogP contribution in [0.15, 0.2) is 41.8 Å². The van der Waals surface area contributed by atoms with E-state index in [0.29, 0.717) is 5.16 Å². The Bertz CT molecular complexity index is 709. The highest BCUT2D eigenvalue weighted by atomic mass is 32.2. The second kappa shape index (κ2) is 7.48. The molecule has 2 rings (SSSR count). The number of hydrogen-bond donors (Lipinski definition) is 2. The van der Waals surface area contributed by atoms with E-state index in [-0.39, 0.29) is 5.91 Å². The quantitative estimate of drug-likeness (QED) is 0.829. The molecule has 7 nitrogen and oxygen atoms in total. The number of imide groups is 1. The van der Waals surface area contributed by atoms with Crippen LogP contribution in [0.2, 0.25) is 0 Å². The third-order valence-corrected chi connectivity index (χ3v) is 3.98. The second-order valence-electron chi connectivity index (χ2n) is 6.27. The van der Waals surface area contributed by atoms with Gasteiger partial charge in [0.1, 0.15) is 6.33 Å². The van der Waals surface area contributed by atoms with Gasteiger partial charge in [-0.3, -0.25) is 14.7 Å². The van der Waals surface area contributed by atoms with Crippen molar-refractivity contribution in [1.29, 1.82) is 0 Å². The molecule has 128 valence electrons. The molecular weight excluding hydrogens is 326 g/mol. The third-order valence-electron chi connectivity index (χ3n) is 2.93. The van der Waals surface area contributed by atoms with Crippen molar-refractivity contribution in [2.45, 2.75) is 43.6 Å². The number of thioether (sulfide) groups is 1. The highest BCUT2D eigenvalue weighted by molar-refractivity contribution is 8.00. The fourth-order valence-corrected chi connectivity index (χ4v) is 2.71. The number of carbonyl (C=O) groups is 2. The first kappa shape index (κ1) is 18.0. The zero-order chi connectivity index (χ0) is 17.7. The molecule has 1 heterocycles. The number of nitrogens with one attached hydrogen (secondary N) is 2. The van der Waals surface area contributed by atoms with E-state index in [9.17, 15) is 9.59 Å². The van der Waals surface area contributed by atoms with Crippen LogP contribution in [0.1, 0.15) is 27.7 Å². The van der Waals surface area contributed by atoms with Crippen LogP contribution in [0.3, 0.4) is 0 Å². The molecule has 0 fully saturated rings. The average Bonchev–Trinajstić information content (AvgIpc) is 2.94. The van der Waals surface area contributed by atoms with Crippen LogP contribution in [0.25, 0.3) is 5.69 Å². The summed E-state index contributed by atoms with van der Waals surface area (Å²) in [5.41, 5.74) is 0.497. The molecular formula is C16H21N5O2S. The molecule has 0 aliphatic carbocycles. The number of urea groups is 1. The van der Waals surface area contributed by atoms with E-state index < -0.39 is 16.8 Å². The number of hydrogen-bond acceptors (Lipinski definition) is 5. The molecule has 0 aliphatic rings. The third kappa shape index (κ3) is 5.09. The Kier molecular flexibility index (Phi) is 5.61. The van der Waals surface area contributed by atoms with Gasteiger partial charge in [0.15, 0.2) is 5.16 Å². The highest BCUT2D eigenvalue weighted by Gasteiger charge is 2.22. The molecule has 3 amide bonds. The van der Waals surface area contributed by atoms with E-state index in [2.05, 4.69) is 20.8 Å². The largest absolute Gasteiger partial charge is 0.333 e. The summed E-state index contributed by atoms with van der Waals surface area (Å²) in [6.07, 6.45) is 1.59. The Hall–Kier alpha value is -2.35. The van der Waals surface area contributed by atoms with Gasteiger partial charge in [-0.2, -0.15) is 0 Å². The average molecular weight is 347 g/mol. The summed E-state index contributed by atoms with van der Waals surface area (Å²) in [4.78, 5) is 23.9. The topological polar surface area (TPSA) is 88.9 Å². The van der Waals surface area contributed by atoms with Crippen molar-refractivity contribution in [3.8, 4) is 5.69 Å². The molecule has 1 aromatic heterocycles. The Morgan fingerprint density at radius 1 is 1.21 bits per heavy atom. The summed E-state index contributed by atoms with van der Waals surface area (Å²) in [5.74, 6) is -0.385. The SMILES string of the molecule is C[C@@H](Sc1nncn1-c1ccccc1)C(=O)NC(=O)NC(C)(C)C. The standard InChI is InChI=1S/C16H21N5O2S/c1-11(13(22)18-14(23)19-16(2,3)4)24-15-20-17-10-21(15)12-8-6-5-7-9-12/h5-11H,1-4H3,(H2,18,19,22,23)/t11-/m1/s1. The van der Waals surface area contributed by atoms with Crippen LogP contribution < -0.4 is 10.6 Å². The lowest BCUT2D eigenvalue weighted by Crippen LogP contribution is -2.49. The van der Waals surface area contributed by atoms with E-state index in [1.165, 1.54) is 11.8 Å². The van der Waals surface area contributed by atoms with Crippen LogP contribution in [0, 0.1) is 0 Å². The minimum Gasteiger partial charge on any atom is -0.333 e. The van der Waals surface area contributed by atoms with Crippen molar-refractivity contribution >= 4 is 23.7 Å². The number of nitrogens with zero attached hydrogens (tertiary/aromatic N) is 3.